The van der Waals surface area contributed by atoms with Gasteiger partial charge < -0.3 is 9.47 Å². The molecule has 19 heavy (non-hydrogen) atoms. The molecule has 1 unspecified atom stereocenters. The van der Waals surface area contributed by atoms with Crippen molar-refractivity contribution in [3.8, 4) is 0 Å². The third-order valence-corrected chi connectivity index (χ3v) is 4.08. The molecule has 0 N–H and O–H groups in total. The van der Waals surface area contributed by atoms with E-state index in [0.29, 0.717) is 16.5 Å². The molecule has 1 atom stereocenters. The highest BCUT2D eigenvalue weighted by molar-refractivity contribution is 9.10. The van der Waals surface area contributed by atoms with Gasteiger partial charge in [-0.1, -0.05) is 22.0 Å². The number of hydrogen-bond donors (Lipinski definition) is 0. The van der Waals surface area contributed by atoms with Gasteiger partial charge in [0.05, 0.1) is 14.2 Å². The monoisotopic (exact) mass is 330 g/mol. The lowest BCUT2D eigenvalue weighted by atomic mass is 9.99. The summed E-state index contributed by atoms with van der Waals surface area (Å²) in [7, 11) is 2.45. The Morgan fingerprint density at radius 3 is 2.37 bits per heavy atom. The van der Waals surface area contributed by atoms with Gasteiger partial charge in [-0.3, -0.25) is 9.59 Å². The smallest absolute Gasteiger partial charge is 0.323 e. The Kier molecular flexibility index (Phi) is 3.62. The lowest BCUT2D eigenvalue weighted by Crippen LogP contribution is -2.30. The van der Waals surface area contributed by atoms with E-state index in [1.807, 2.05) is 0 Å². The molecule has 0 radical (unpaired) electrons. The van der Waals surface area contributed by atoms with Gasteiger partial charge in [0.25, 0.3) is 0 Å². The zero-order valence-electron chi connectivity index (χ0n) is 10.4. The number of carbonyl (C=O) groups is 2. The van der Waals surface area contributed by atoms with Crippen LogP contribution in [0.4, 0.5) is 4.39 Å². The molecular formula is C13H12BrFO4. The number of esters is 2. The Labute approximate surface area is 118 Å². The van der Waals surface area contributed by atoms with Crippen molar-refractivity contribution in [1.29, 1.82) is 0 Å². The molecule has 1 saturated carbocycles. The molecule has 0 amide bonds. The van der Waals surface area contributed by atoms with Crippen LogP contribution in [0.15, 0.2) is 22.7 Å². The largest absolute Gasteiger partial charge is 0.468 e. The minimum absolute atomic E-state index is 0.302. The van der Waals surface area contributed by atoms with E-state index in [4.69, 9.17) is 0 Å². The predicted octanol–water partition coefficient (Wildman–Crippen LogP) is 2.41. The number of methoxy groups -OCH3 is 2. The second-order valence-corrected chi connectivity index (χ2v) is 5.23. The van der Waals surface area contributed by atoms with Crippen LogP contribution in [0.1, 0.15) is 17.9 Å². The molecule has 0 spiro atoms. The Hall–Kier alpha value is -1.43. The molecule has 1 aromatic carbocycles. The van der Waals surface area contributed by atoms with E-state index >= 15 is 0 Å². The van der Waals surface area contributed by atoms with Crippen LogP contribution in [-0.4, -0.2) is 26.2 Å². The fourth-order valence-electron chi connectivity index (χ4n) is 2.32. The summed E-state index contributed by atoms with van der Waals surface area (Å²) < 4.78 is 23.0. The lowest BCUT2D eigenvalue weighted by molar-refractivity contribution is -0.161. The molecule has 1 fully saturated rings. The van der Waals surface area contributed by atoms with Gasteiger partial charge in [-0.2, -0.15) is 0 Å². The van der Waals surface area contributed by atoms with Gasteiger partial charge in [0, 0.05) is 10.4 Å². The van der Waals surface area contributed by atoms with Gasteiger partial charge in [0.2, 0.25) is 0 Å². The first-order valence-electron chi connectivity index (χ1n) is 5.59. The minimum Gasteiger partial charge on any atom is -0.468 e. The first kappa shape index (κ1) is 14.0. The summed E-state index contributed by atoms with van der Waals surface area (Å²) in [6.45, 7) is 0. The fraction of sp³-hybridized carbons (Fsp3) is 0.385. The molecule has 6 heteroatoms. The highest BCUT2D eigenvalue weighted by Crippen LogP contribution is 2.61. The lowest BCUT2D eigenvalue weighted by Gasteiger charge is -2.13. The Balaban J connectivity index is 2.38. The molecular weight excluding hydrogens is 319 g/mol. The van der Waals surface area contributed by atoms with E-state index < -0.39 is 23.2 Å². The maximum absolute atomic E-state index is 13.1. The average Bonchev–Trinajstić information content (AvgIpc) is 3.13. The molecule has 0 bridgehead atoms. The number of halogens is 2. The molecule has 1 aliphatic rings. The van der Waals surface area contributed by atoms with Crippen molar-refractivity contribution in [1.82, 2.24) is 0 Å². The van der Waals surface area contributed by atoms with Gasteiger partial charge in [0.15, 0.2) is 5.41 Å². The third kappa shape index (κ3) is 2.14. The SMILES string of the molecule is COC(=O)C1(C(=O)OC)CC1c1ccc(F)cc1Br. The van der Waals surface area contributed by atoms with Gasteiger partial charge in [-0.15, -0.1) is 0 Å². The van der Waals surface area contributed by atoms with Crippen LogP contribution in [0.2, 0.25) is 0 Å². The van der Waals surface area contributed by atoms with E-state index in [-0.39, 0.29) is 5.92 Å². The molecule has 0 aromatic heterocycles. The Morgan fingerprint density at radius 1 is 1.32 bits per heavy atom. The summed E-state index contributed by atoms with van der Waals surface area (Å²) in [6, 6.07) is 4.14. The van der Waals surface area contributed by atoms with Crippen molar-refractivity contribution in [2.45, 2.75) is 12.3 Å². The van der Waals surface area contributed by atoms with Gasteiger partial charge in [-0.25, -0.2) is 4.39 Å². The predicted molar refractivity (Wildman–Crippen MR) is 67.9 cm³/mol. The van der Waals surface area contributed by atoms with Crippen molar-refractivity contribution >= 4 is 27.9 Å². The number of hydrogen-bond acceptors (Lipinski definition) is 4. The Bertz CT molecular complexity index is 527. The quantitative estimate of drug-likeness (QED) is 0.630. The molecule has 102 valence electrons. The normalized spacial score (nSPS) is 19.7. The van der Waals surface area contributed by atoms with Crippen LogP contribution in [0.3, 0.4) is 0 Å². The number of carbonyl (C=O) groups excluding carboxylic acids is 2. The first-order valence-corrected chi connectivity index (χ1v) is 6.38. The van der Waals surface area contributed by atoms with E-state index in [0.717, 1.165) is 0 Å². The second kappa shape index (κ2) is 4.92. The zero-order valence-corrected chi connectivity index (χ0v) is 12.0. The van der Waals surface area contributed by atoms with Crippen LogP contribution in [-0.2, 0) is 19.1 Å². The van der Waals surface area contributed by atoms with Crippen molar-refractivity contribution in [2.75, 3.05) is 14.2 Å². The number of benzene rings is 1. The van der Waals surface area contributed by atoms with Gasteiger partial charge in [-0.05, 0) is 24.1 Å². The number of rotatable bonds is 3. The van der Waals surface area contributed by atoms with Crippen LogP contribution in [0, 0.1) is 11.2 Å². The molecule has 0 aliphatic heterocycles. The van der Waals surface area contributed by atoms with Crippen LogP contribution < -0.4 is 0 Å². The number of ether oxygens (including phenoxy) is 2. The maximum Gasteiger partial charge on any atom is 0.323 e. The van der Waals surface area contributed by atoms with Crippen molar-refractivity contribution in [2.24, 2.45) is 5.41 Å². The van der Waals surface area contributed by atoms with Crippen LogP contribution >= 0.6 is 15.9 Å². The van der Waals surface area contributed by atoms with Gasteiger partial charge >= 0.3 is 11.9 Å². The summed E-state index contributed by atoms with van der Waals surface area (Å²) in [5.41, 5.74) is -0.610. The van der Waals surface area contributed by atoms with Crippen molar-refractivity contribution in [3.63, 3.8) is 0 Å². The highest BCUT2D eigenvalue weighted by atomic mass is 79.9. The minimum atomic E-state index is -1.30. The standard InChI is InChI=1S/C13H12BrFO4/c1-18-11(16)13(12(17)19-2)6-9(13)8-4-3-7(15)5-10(8)14/h3-5,9H,6H2,1-2H3. The molecule has 2 rings (SSSR count). The van der Waals surface area contributed by atoms with Crippen LogP contribution in [0.25, 0.3) is 0 Å². The first-order chi connectivity index (χ1) is 8.97. The van der Waals surface area contributed by atoms with E-state index in [1.165, 1.54) is 26.4 Å². The maximum atomic E-state index is 13.1. The van der Waals surface area contributed by atoms with Crippen LogP contribution in [0.5, 0.6) is 0 Å². The summed E-state index contributed by atoms with van der Waals surface area (Å²) in [5, 5.41) is 0. The molecule has 1 aliphatic carbocycles. The summed E-state index contributed by atoms with van der Waals surface area (Å²) >= 11 is 3.24. The van der Waals surface area contributed by atoms with E-state index in [1.54, 1.807) is 6.07 Å². The molecule has 0 saturated heterocycles. The van der Waals surface area contributed by atoms with Gasteiger partial charge in [0.1, 0.15) is 5.82 Å². The van der Waals surface area contributed by atoms with E-state index in [9.17, 15) is 14.0 Å². The Morgan fingerprint density at radius 2 is 1.89 bits per heavy atom. The highest BCUT2D eigenvalue weighted by Gasteiger charge is 2.68. The molecule has 1 aromatic rings. The summed E-state index contributed by atoms with van der Waals surface area (Å²) in [5.74, 6) is -2.00. The molecule has 0 heterocycles. The second-order valence-electron chi connectivity index (χ2n) is 4.38. The summed E-state index contributed by atoms with van der Waals surface area (Å²) in [4.78, 5) is 23.7. The fourth-order valence-corrected chi connectivity index (χ4v) is 2.95. The molecule has 4 nitrogen and oxygen atoms in total. The zero-order chi connectivity index (χ0) is 14.2. The summed E-state index contributed by atoms with van der Waals surface area (Å²) in [6.07, 6.45) is 0.302. The van der Waals surface area contributed by atoms with Crippen molar-refractivity contribution < 1.29 is 23.5 Å². The van der Waals surface area contributed by atoms with Crippen molar-refractivity contribution in [3.05, 3.63) is 34.1 Å². The average molecular weight is 331 g/mol. The van der Waals surface area contributed by atoms with E-state index in [2.05, 4.69) is 25.4 Å². The topological polar surface area (TPSA) is 52.6 Å². The third-order valence-electron chi connectivity index (χ3n) is 3.40.